The first kappa shape index (κ1) is 18.5. The molecule has 2 atom stereocenters. The van der Waals surface area contributed by atoms with E-state index >= 15 is 0 Å². The number of pyridine rings is 1. The second-order valence-electron chi connectivity index (χ2n) is 6.96. The molecule has 3 N–H and O–H groups in total. The van der Waals surface area contributed by atoms with E-state index in [-0.39, 0.29) is 23.1 Å². The van der Waals surface area contributed by atoms with Gasteiger partial charge in [-0.15, -0.1) is 0 Å². The van der Waals surface area contributed by atoms with Crippen molar-refractivity contribution in [3.8, 4) is 0 Å². The average Bonchev–Trinajstić information content (AvgIpc) is 2.57. The molecule has 1 aliphatic carbocycles. The van der Waals surface area contributed by atoms with Crippen molar-refractivity contribution in [2.45, 2.75) is 58.1 Å². The number of hydrogen-bond acceptors (Lipinski definition) is 3. The van der Waals surface area contributed by atoms with Crippen LogP contribution in [0.5, 0.6) is 0 Å². The minimum atomic E-state index is -0.337. The number of aliphatic hydroxyl groups excluding tert-OH is 1. The van der Waals surface area contributed by atoms with Gasteiger partial charge in [0, 0.05) is 37.3 Å². The molecule has 1 fully saturated rings. The molecule has 1 aliphatic rings. The Morgan fingerprint density at radius 1 is 1.33 bits per heavy atom. The van der Waals surface area contributed by atoms with Crippen molar-refractivity contribution in [3.63, 3.8) is 0 Å². The van der Waals surface area contributed by atoms with Crippen LogP contribution in [-0.4, -0.2) is 34.9 Å². The van der Waals surface area contributed by atoms with Gasteiger partial charge in [0.2, 0.25) is 5.56 Å². The number of aryl methyl sites for hydroxylation is 1. The second kappa shape index (κ2) is 8.87. The van der Waals surface area contributed by atoms with E-state index in [1.165, 1.54) is 0 Å². The normalized spacial score (nSPS) is 23.7. The number of rotatable bonds is 7. The van der Waals surface area contributed by atoms with E-state index in [0.29, 0.717) is 19.6 Å². The third kappa shape index (κ3) is 5.37. The zero-order valence-corrected chi connectivity index (χ0v) is 14.5. The van der Waals surface area contributed by atoms with Gasteiger partial charge < -0.3 is 20.3 Å². The highest BCUT2D eigenvalue weighted by atomic mass is 16.3. The summed E-state index contributed by atoms with van der Waals surface area (Å²) in [7, 11) is 0. The summed E-state index contributed by atoms with van der Waals surface area (Å²) < 4.78 is 1.67. The number of aromatic nitrogens is 1. The zero-order chi connectivity index (χ0) is 17.4. The van der Waals surface area contributed by atoms with Gasteiger partial charge in [0.1, 0.15) is 0 Å². The summed E-state index contributed by atoms with van der Waals surface area (Å²) in [5, 5.41) is 15.8. The number of unbranched alkanes of at least 4 members (excludes halogenated alkanes) is 1. The average molecular weight is 335 g/mol. The van der Waals surface area contributed by atoms with Crippen LogP contribution in [0.4, 0.5) is 4.79 Å². The molecule has 134 valence electrons. The van der Waals surface area contributed by atoms with Crippen molar-refractivity contribution in [3.05, 3.63) is 34.7 Å². The second-order valence-corrected chi connectivity index (χ2v) is 6.96. The largest absolute Gasteiger partial charge is 0.392 e. The molecule has 6 nitrogen and oxygen atoms in total. The van der Waals surface area contributed by atoms with Gasteiger partial charge in [-0.2, -0.15) is 0 Å². The van der Waals surface area contributed by atoms with Gasteiger partial charge in [-0.3, -0.25) is 4.79 Å². The Hall–Kier alpha value is -1.82. The highest BCUT2D eigenvalue weighted by Gasteiger charge is 2.35. The van der Waals surface area contributed by atoms with Crippen LogP contribution in [0, 0.1) is 5.41 Å². The minimum absolute atomic E-state index is 0.00230. The van der Waals surface area contributed by atoms with Gasteiger partial charge in [-0.05, 0) is 31.7 Å². The highest BCUT2D eigenvalue weighted by Crippen LogP contribution is 2.35. The van der Waals surface area contributed by atoms with Gasteiger partial charge in [0.25, 0.3) is 0 Å². The highest BCUT2D eigenvalue weighted by molar-refractivity contribution is 5.73. The lowest BCUT2D eigenvalue weighted by Gasteiger charge is -2.38. The number of carbonyl (C=O) groups excluding carboxylic acids is 1. The van der Waals surface area contributed by atoms with Crippen molar-refractivity contribution < 1.29 is 9.90 Å². The van der Waals surface area contributed by atoms with E-state index in [9.17, 15) is 14.7 Å². The molecule has 1 aromatic heterocycles. The molecular formula is C18H29N3O3. The summed E-state index contributed by atoms with van der Waals surface area (Å²) in [5.74, 6) is 0. The summed E-state index contributed by atoms with van der Waals surface area (Å²) in [6.07, 6.45) is 7.02. The summed E-state index contributed by atoms with van der Waals surface area (Å²) >= 11 is 0. The first-order valence-corrected chi connectivity index (χ1v) is 8.86. The minimum Gasteiger partial charge on any atom is -0.392 e. The van der Waals surface area contributed by atoms with E-state index < -0.39 is 0 Å². The standard InChI is InChI=1S/C18H29N3O3/c1-18(10-4-2-8-15(18)22)14-20-17(24)19-11-5-7-13-21-12-6-3-9-16(21)23/h3,6,9,12,15,22H,2,4-5,7-8,10-11,13-14H2,1H3,(H2,19,20,24). The molecule has 0 bridgehead atoms. The van der Waals surface area contributed by atoms with Crippen LogP contribution in [0.15, 0.2) is 29.2 Å². The molecular weight excluding hydrogens is 306 g/mol. The monoisotopic (exact) mass is 335 g/mol. The van der Waals surface area contributed by atoms with Gasteiger partial charge in [-0.25, -0.2) is 4.79 Å². The smallest absolute Gasteiger partial charge is 0.314 e. The van der Waals surface area contributed by atoms with Crippen molar-refractivity contribution in [2.24, 2.45) is 5.41 Å². The summed E-state index contributed by atoms with van der Waals surface area (Å²) in [6, 6.07) is 4.93. The summed E-state index contributed by atoms with van der Waals surface area (Å²) in [6.45, 7) is 3.77. The Labute approximate surface area is 143 Å². The number of nitrogens with zero attached hydrogens (tertiary/aromatic N) is 1. The molecule has 1 saturated carbocycles. The van der Waals surface area contributed by atoms with Crippen LogP contribution in [0.2, 0.25) is 0 Å². The van der Waals surface area contributed by atoms with Gasteiger partial charge in [-0.1, -0.05) is 25.8 Å². The molecule has 0 spiro atoms. The number of carbonyl (C=O) groups is 1. The molecule has 0 aliphatic heterocycles. The predicted octanol–water partition coefficient (Wildman–Crippen LogP) is 1.87. The fourth-order valence-corrected chi connectivity index (χ4v) is 3.19. The van der Waals surface area contributed by atoms with E-state index in [2.05, 4.69) is 10.6 Å². The predicted molar refractivity (Wildman–Crippen MR) is 93.9 cm³/mol. The number of hydrogen-bond donors (Lipinski definition) is 3. The SMILES string of the molecule is CC1(CNC(=O)NCCCCn2ccccc2=O)CCCCC1O. The maximum atomic E-state index is 11.9. The molecule has 6 heteroatoms. The Morgan fingerprint density at radius 2 is 2.17 bits per heavy atom. The molecule has 1 heterocycles. The van der Waals surface area contributed by atoms with E-state index in [0.717, 1.165) is 38.5 Å². The van der Waals surface area contributed by atoms with Crippen LogP contribution in [0.25, 0.3) is 0 Å². The number of urea groups is 1. The molecule has 1 aromatic rings. The van der Waals surface area contributed by atoms with Crippen LogP contribution in [0.3, 0.4) is 0 Å². The maximum absolute atomic E-state index is 11.9. The molecule has 0 aromatic carbocycles. The Balaban J connectivity index is 1.60. The number of nitrogens with one attached hydrogen (secondary N) is 2. The first-order chi connectivity index (χ1) is 11.5. The lowest BCUT2D eigenvalue weighted by Crippen LogP contribution is -2.47. The van der Waals surface area contributed by atoms with Crippen molar-refractivity contribution in [2.75, 3.05) is 13.1 Å². The van der Waals surface area contributed by atoms with Crippen molar-refractivity contribution >= 4 is 6.03 Å². The number of amides is 2. The van der Waals surface area contributed by atoms with Crippen LogP contribution >= 0.6 is 0 Å². The van der Waals surface area contributed by atoms with Crippen LogP contribution in [0.1, 0.15) is 45.4 Å². The Bertz CT molecular complexity index is 587. The molecule has 0 saturated heterocycles. The lowest BCUT2D eigenvalue weighted by atomic mass is 9.73. The topological polar surface area (TPSA) is 83.4 Å². The maximum Gasteiger partial charge on any atom is 0.314 e. The van der Waals surface area contributed by atoms with E-state index in [1.54, 1.807) is 22.9 Å². The molecule has 2 unspecified atom stereocenters. The Kier molecular flexibility index (Phi) is 6.85. The van der Waals surface area contributed by atoms with Crippen LogP contribution in [-0.2, 0) is 6.54 Å². The van der Waals surface area contributed by atoms with E-state index in [4.69, 9.17) is 0 Å². The molecule has 0 radical (unpaired) electrons. The fraction of sp³-hybridized carbons (Fsp3) is 0.667. The molecule has 24 heavy (non-hydrogen) atoms. The Morgan fingerprint density at radius 3 is 2.92 bits per heavy atom. The van der Waals surface area contributed by atoms with Crippen molar-refractivity contribution in [1.29, 1.82) is 0 Å². The quantitative estimate of drug-likeness (QED) is 0.665. The first-order valence-electron chi connectivity index (χ1n) is 8.86. The third-order valence-corrected chi connectivity index (χ3v) is 4.94. The van der Waals surface area contributed by atoms with Gasteiger partial charge in [0.15, 0.2) is 0 Å². The van der Waals surface area contributed by atoms with E-state index in [1.807, 2.05) is 13.0 Å². The number of aliphatic hydroxyl groups is 1. The van der Waals surface area contributed by atoms with Crippen molar-refractivity contribution in [1.82, 2.24) is 15.2 Å². The van der Waals surface area contributed by atoms with Gasteiger partial charge in [0.05, 0.1) is 6.10 Å². The fourth-order valence-electron chi connectivity index (χ4n) is 3.19. The van der Waals surface area contributed by atoms with Crippen LogP contribution < -0.4 is 16.2 Å². The summed E-state index contributed by atoms with van der Waals surface area (Å²) in [4.78, 5) is 23.4. The summed E-state index contributed by atoms with van der Waals surface area (Å²) in [5.41, 5.74) is -0.216. The van der Waals surface area contributed by atoms with Gasteiger partial charge >= 0.3 is 6.03 Å². The third-order valence-electron chi connectivity index (χ3n) is 4.94. The molecule has 2 rings (SSSR count). The zero-order valence-electron chi connectivity index (χ0n) is 14.5. The lowest BCUT2D eigenvalue weighted by molar-refractivity contribution is 0.00309. The molecule has 2 amide bonds.